The molecule has 0 spiro atoms. The summed E-state index contributed by atoms with van der Waals surface area (Å²) < 4.78 is 0. The Hall–Kier alpha value is -1.95. The molecule has 6 heteroatoms. The van der Waals surface area contributed by atoms with E-state index < -0.39 is 6.03 Å². The second kappa shape index (κ2) is 6.66. The number of amides is 3. The van der Waals surface area contributed by atoms with E-state index in [0.717, 1.165) is 46.8 Å². The van der Waals surface area contributed by atoms with Crippen LogP contribution in [-0.2, 0) is 4.79 Å². The SMILES string of the molecule is Cc1cc(C)cc(NC(=O)CSC2=NC(=O)N=C3CCCC32)c1. The summed E-state index contributed by atoms with van der Waals surface area (Å²) in [5, 5.41) is 3.65. The number of nitrogens with one attached hydrogen (secondary N) is 1. The molecule has 23 heavy (non-hydrogen) atoms. The molecule has 1 atom stereocenters. The number of fused-ring (bicyclic) bond motifs is 1. The zero-order valence-corrected chi connectivity index (χ0v) is 14.1. The fourth-order valence-electron chi connectivity index (χ4n) is 3.06. The topological polar surface area (TPSA) is 70.9 Å². The minimum Gasteiger partial charge on any atom is -0.325 e. The van der Waals surface area contributed by atoms with Gasteiger partial charge >= 0.3 is 6.03 Å². The number of benzene rings is 1. The summed E-state index contributed by atoms with van der Waals surface area (Å²) in [6.07, 6.45) is 2.87. The molecule has 3 amide bonds. The lowest BCUT2D eigenvalue weighted by Crippen LogP contribution is -2.24. The van der Waals surface area contributed by atoms with E-state index in [9.17, 15) is 9.59 Å². The highest BCUT2D eigenvalue weighted by molar-refractivity contribution is 8.14. The van der Waals surface area contributed by atoms with E-state index in [1.165, 1.54) is 11.8 Å². The van der Waals surface area contributed by atoms with Crippen molar-refractivity contribution in [3.8, 4) is 0 Å². The Morgan fingerprint density at radius 2 is 2.00 bits per heavy atom. The van der Waals surface area contributed by atoms with Crippen molar-refractivity contribution in [2.45, 2.75) is 33.1 Å². The first-order valence-electron chi connectivity index (χ1n) is 7.72. The summed E-state index contributed by atoms with van der Waals surface area (Å²) >= 11 is 1.35. The highest BCUT2D eigenvalue weighted by Gasteiger charge is 2.32. The third-order valence-corrected chi connectivity index (χ3v) is 5.01. The van der Waals surface area contributed by atoms with Gasteiger partial charge in [0.2, 0.25) is 5.91 Å². The number of hydrogen-bond acceptors (Lipinski definition) is 3. The number of hydrogen-bond donors (Lipinski definition) is 1. The Bertz CT molecular complexity index is 704. The van der Waals surface area contributed by atoms with Crippen molar-refractivity contribution in [3.05, 3.63) is 29.3 Å². The summed E-state index contributed by atoms with van der Waals surface area (Å²) in [6.45, 7) is 4.00. The molecule has 0 radical (unpaired) electrons. The average Bonchev–Trinajstić information content (AvgIpc) is 2.91. The van der Waals surface area contributed by atoms with Crippen molar-refractivity contribution in [1.82, 2.24) is 0 Å². The van der Waals surface area contributed by atoms with Gasteiger partial charge in [0.15, 0.2) is 0 Å². The Morgan fingerprint density at radius 3 is 2.74 bits per heavy atom. The van der Waals surface area contributed by atoms with Crippen LogP contribution in [0.2, 0.25) is 0 Å². The third kappa shape index (κ3) is 3.88. The van der Waals surface area contributed by atoms with Crippen LogP contribution in [0.5, 0.6) is 0 Å². The Labute approximate surface area is 139 Å². The van der Waals surface area contributed by atoms with Crippen molar-refractivity contribution in [2.24, 2.45) is 15.9 Å². The normalized spacial score (nSPS) is 19.9. The molecule has 0 bridgehead atoms. The first-order valence-corrected chi connectivity index (χ1v) is 8.71. The molecular formula is C17H19N3O2S. The molecule has 2 aliphatic rings. The molecule has 1 saturated carbocycles. The number of anilines is 1. The number of urea groups is 1. The lowest BCUT2D eigenvalue weighted by atomic mass is 10.1. The Balaban J connectivity index is 1.60. The lowest BCUT2D eigenvalue weighted by molar-refractivity contribution is -0.113. The zero-order chi connectivity index (χ0) is 16.4. The monoisotopic (exact) mass is 329 g/mol. The van der Waals surface area contributed by atoms with Gasteiger partial charge in [-0.1, -0.05) is 17.8 Å². The van der Waals surface area contributed by atoms with Crippen LogP contribution in [0.15, 0.2) is 28.2 Å². The van der Waals surface area contributed by atoms with Gasteiger partial charge in [0.05, 0.1) is 10.8 Å². The summed E-state index contributed by atoms with van der Waals surface area (Å²) in [6, 6.07) is 5.52. The van der Waals surface area contributed by atoms with Crippen molar-refractivity contribution in [2.75, 3.05) is 11.1 Å². The molecular weight excluding hydrogens is 310 g/mol. The van der Waals surface area contributed by atoms with Crippen LogP contribution >= 0.6 is 11.8 Å². The van der Waals surface area contributed by atoms with Crippen LogP contribution in [0.4, 0.5) is 10.5 Å². The van der Waals surface area contributed by atoms with Gasteiger partial charge in [-0.25, -0.2) is 9.79 Å². The maximum Gasteiger partial charge on any atom is 0.367 e. The highest BCUT2D eigenvalue weighted by Crippen LogP contribution is 2.31. The summed E-state index contributed by atoms with van der Waals surface area (Å²) in [7, 11) is 0. The van der Waals surface area contributed by atoms with Crippen LogP contribution in [0.1, 0.15) is 30.4 Å². The molecule has 0 aromatic heterocycles. The third-order valence-electron chi connectivity index (χ3n) is 3.93. The standard InChI is InChI=1S/C17H19N3O2S/c1-10-6-11(2)8-12(7-10)18-15(21)9-23-16-13-4-3-5-14(13)19-17(22)20-16/h6-8,13H,3-5,9H2,1-2H3,(H,18,21). The molecule has 5 nitrogen and oxygen atoms in total. The number of thioether (sulfide) groups is 1. The van der Waals surface area contributed by atoms with E-state index >= 15 is 0 Å². The predicted octanol–water partition coefficient (Wildman–Crippen LogP) is 3.75. The van der Waals surface area contributed by atoms with Crippen LogP contribution < -0.4 is 5.32 Å². The van der Waals surface area contributed by atoms with Crippen molar-refractivity contribution in [3.63, 3.8) is 0 Å². The molecule has 1 aromatic carbocycles. The quantitative estimate of drug-likeness (QED) is 0.918. The summed E-state index contributed by atoms with van der Waals surface area (Å²) in [5.41, 5.74) is 3.96. The van der Waals surface area contributed by atoms with E-state index in [1.807, 2.05) is 26.0 Å². The number of aryl methyl sites for hydroxylation is 2. The molecule has 3 rings (SSSR count). The molecule has 1 unspecified atom stereocenters. The number of carbonyl (C=O) groups excluding carboxylic acids is 2. The molecule has 0 saturated heterocycles. The number of nitrogens with zero attached hydrogens (tertiary/aromatic N) is 2. The molecule has 1 fully saturated rings. The van der Waals surface area contributed by atoms with Crippen LogP contribution in [0, 0.1) is 19.8 Å². The van der Waals surface area contributed by atoms with Crippen LogP contribution in [-0.4, -0.2) is 28.4 Å². The first kappa shape index (κ1) is 15.9. The molecule has 1 heterocycles. The van der Waals surface area contributed by atoms with E-state index in [-0.39, 0.29) is 17.6 Å². The van der Waals surface area contributed by atoms with E-state index in [1.54, 1.807) is 0 Å². The number of carbonyl (C=O) groups is 2. The second-order valence-corrected chi connectivity index (χ2v) is 6.99. The predicted molar refractivity (Wildman–Crippen MR) is 94.6 cm³/mol. The zero-order valence-electron chi connectivity index (χ0n) is 13.3. The van der Waals surface area contributed by atoms with Crippen molar-refractivity contribution >= 4 is 40.1 Å². The summed E-state index contributed by atoms with van der Waals surface area (Å²) in [5.74, 6) is 0.312. The number of rotatable bonds is 3. The van der Waals surface area contributed by atoms with Crippen LogP contribution in [0.25, 0.3) is 0 Å². The fourth-order valence-corrected chi connectivity index (χ4v) is 4.01. The molecule has 1 aliphatic carbocycles. The molecule has 1 aromatic rings. The molecule has 120 valence electrons. The first-order chi connectivity index (χ1) is 11.0. The average molecular weight is 329 g/mol. The van der Waals surface area contributed by atoms with Gasteiger partial charge in [-0.2, -0.15) is 4.99 Å². The van der Waals surface area contributed by atoms with Gasteiger partial charge in [-0.15, -0.1) is 0 Å². The Kier molecular flexibility index (Phi) is 4.61. The van der Waals surface area contributed by atoms with Gasteiger partial charge in [0, 0.05) is 17.3 Å². The Morgan fingerprint density at radius 1 is 1.26 bits per heavy atom. The lowest BCUT2D eigenvalue weighted by Gasteiger charge is -2.16. The van der Waals surface area contributed by atoms with Gasteiger partial charge in [0.25, 0.3) is 0 Å². The fraction of sp³-hybridized carbons (Fsp3) is 0.412. The maximum absolute atomic E-state index is 12.1. The smallest absolute Gasteiger partial charge is 0.325 e. The van der Waals surface area contributed by atoms with Crippen molar-refractivity contribution in [1.29, 1.82) is 0 Å². The van der Waals surface area contributed by atoms with E-state index in [2.05, 4.69) is 21.4 Å². The van der Waals surface area contributed by atoms with Gasteiger partial charge in [0.1, 0.15) is 0 Å². The van der Waals surface area contributed by atoms with Gasteiger partial charge in [-0.05, 0) is 56.4 Å². The van der Waals surface area contributed by atoms with Crippen LogP contribution in [0.3, 0.4) is 0 Å². The maximum atomic E-state index is 12.1. The highest BCUT2D eigenvalue weighted by atomic mass is 32.2. The second-order valence-electron chi connectivity index (χ2n) is 5.99. The molecule has 1 aliphatic heterocycles. The van der Waals surface area contributed by atoms with Gasteiger partial charge < -0.3 is 5.32 Å². The van der Waals surface area contributed by atoms with E-state index in [0.29, 0.717) is 0 Å². The molecule has 1 N–H and O–H groups in total. The largest absolute Gasteiger partial charge is 0.367 e. The van der Waals surface area contributed by atoms with E-state index in [4.69, 9.17) is 0 Å². The number of aliphatic imine (C=N–C) groups is 2. The minimum atomic E-state index is -0.435. The summed E-state index contributed by atoms with van der Waals surface area (Å²) in [4.78, 5) is 31.7. The minimum absolute atomic E-state index is 0.0859. The van der Waals surface area contributed by atoms with Gasteiger partial charge in [-0.3, -0.25) is 4.79 Å². The van der Waals surface area contributed by atoms with Crippen molar-refractivity contribution < 1.29 is 9.59 Å².